The minimum atomic E-state index is -0.337. The third-order valence-electron chi connectivity index (χ3n) is 2.15. The molecule has 1 aromatic heterocycles. The average Bonchev–Trinajstić information content (AvgIpc) is 2.54. The number of rotatable bonds is 2. The number of aryl methyl sites for hydroxylation is 1. The van der Waals surface area contributed by atoms with Crippen LogP contribution in [0.2, 0.25) is 0 Å². The van der Waals surface area contributed by atoms with Gasteiger partial charge in [-0.15, -0.1) is 0 Å². The second kappa shape index (κ2) is 3.21. The van der Waals surface area contributed by atoms with Crippen LogP contribution in [0, 0.1) is 5.82 Å². The highest BCUT2D eigenvalue weighted by Gasteiger charge is 2.09. The van der Waals surface area contributed by atoms with Gasteiger partial charge in [0.1, 0.15) is 11.5 Å². The van der Waals surface area contributed by atoms with E-state index in [9.17, 15) is 9.18 Å². The molecule has 0 spiro atoms. The number of fused-ring (bicyclic) bond motifs is 1. The molecule has 0 unspecified atom stereocenters. The summed E-state index contributed by atoms with van der Waals surface area (Å²) in [4.78, 5) is 10.8. The maximum Gasteiger partial charge on any atom is 0.168 e. The fourth-order valence-electron chi connectivity index (χ4n) is 1.49. The molecule has 0 saturated heterocycles. The Hall–Kier alpha value is -1.71. The van der Waals surface area contributed by atoms with Crippen LogP contribution in [-0.4, -0.2) is 16.1 Å². The van der Waals surface area contributed by atoms with Crippen molar-refractivity contribution in [3.63, 3.8) is 0 Å². The van der Waals surface area contributed by atoms with Crippen LogP contribution in [0.1, 0.15) is 17.4 Å². The molecule has 0 aliphatic rings. The molecule has 2 rings (SSSR count). The summed E-state index contributed by atoms with van der Waals surface area (Å²) in [6, 6.07) is 4.24. The molecule has 0 fully saturated rings. The molecule has 0 aliphatic carbocycles. The summed E-state index contributed by atoms with van der Waals surface area (Å²) in [5, 5.41) is 4.81. The van der Waals surface area contributed by atoms with Crippen molar-refractivity contribution in [2.45, 2.75) is 13.5 Å². The molecule has 1 aromatic carbocycles. The van der Waals surface area contributed by atoms with E-state index in [1.54, 1.807) is 10.7 Å². The summed E-state index contributed by atoms with van der Waals surface area (Å²) >= 11 is 0. The van der Waals surface area contributed by atoms with Crippen LogP contribution < -0.4 is 0 Å². The molecule has 0 bridgehead atoms. The van der Waals surface area contributed by atoms with Crippen LogP contribution in [0.5, 0.6) is 0 Å². The summed E-state index contributed by atoms with van der Waals surface area (Å²) in [5.41, 5.74) is 1.02. The van der Waals surface area contributed by atoms with E-state index in [0.29, 0.717) is 23.1 Å². The van der Waals surface area contributed by atoms with Crippen molar-refractivity contribution in [3.8, 4) is 0 Å². The van der Waals surface area contributed by atoms with E-state index in [2.05, 4.69) is 5.10 Å². The van der Waals surface area contributed by atoms with Crippen molar-refractivity contribution in [3.05, 3.63) is 29.7 Å². The molecule has 1 heterocycles. The van der Waals surface area contributed by atoms with E-state index < -0.39 is 0 Å². The van der Waals surface area contributed by atoms with Crippen molar-refractivity contribution >= 4 is 17.2 Å². The topological polar surface area (TPSA) is 34.9 Å². The highest BCUT2D eigenvalue weighted by Crippen LogP contribution is 2.17. The van der Waals surface area contributed by atoms with Gasteiger partial charge in [0, 0.05) is 18.0 Å². The molecule has 0 saturated carbocycles. The van der Waals surface area contributed by atoms with Gasteiger partial charge >= 0.3 is 0 Å². The molecule has 0 N–H and O–H groups in total. The summed E-state index contributed by atoms with van der Waals surface area (Å²) < 4.78 is 14.4. The lowest BCUT2D eigenvalue weighted by Crippen LogP contribution is -2.00. The van der Waals surface area contributed by atoms with E-state index >= 15 is 0 Å². The van der Waals surface area contributed by atoms with Gasteiger partial charge in [-0.25, -0.2) is 4.39 Å². The summed E-state index contributed by atoms with van der Waals surface area (Å²) in [7, 11) is 0. The van der Waals surface area contributed by atoms with Crippen LogP contribution in [0.15, 0.2) is 18.2 Å². The lowest BCUT2D eigenvalue weighted by Gasteiger charge is -1.95. The largest absolute Gasteiger partial charge is 0.296 e. The number of nitrogens with zero attached hydrogens (tertiary/aromatic N) is 2. The number of carbonyl (C=O) groups excluding carboxylic acids is 1. The third kappa shape index (κ3) is 1.19. The first-order valence-corrected chi connectivity index (χ1v) is 4.37. The Kier molecular flexibility index (Phi) is 2.04. The average molecular weight is 192 g/mol. The standard InChI is InChI=1S/C10H9FN2O/c1-2-13-10(6-14)8-4-3-7(11)5-9(8)12-13/h3-6H,2H2,1H3. The van der Waals surface area contributed by atoms with Crippen molar-refractivity contribution in [2.75, 3.05) is 0 Å². The van der Waals surface area contributed by atoms with Gasteiger partial charge < -0.3 is 0 Å². The molecule has 4 heteroatoms. The third-order valence-corrected chi connectivity index (χ3v) is 2.15. The lowest BCUT2D eigenvalue weighted by atomic mass is 10.2. The highest BCUT2D eigenvalue weighted by atomic mass is 19.1. The molecular formula is C10H9FN2O. The number of carbonyl (C=O) groups is 1. The van der Waals surface area contributed by atoms with Crippen molar-refractivity contribution < 1.29 is 9.18 Å². The number of benzene rings is 1. The maximum absolute atomic E-state index is 12.8. The first kappa shape index (κ1) is 8.87. The molecule has 0 atom stereocenters. The van der Waals surface area contributed by atoms with Crippen LogP contribution in [-0.2, 0) is 6.54 Å². The van der Waals surface area contributed by atoms with Crippen LogP contribution in [0.3, 0.4) is 0 Å². The molecule has 0 amide bonds. The predicted octanol–water partition coefficient (Wildman–Crippen LogP) is 2.01. The van der Waals surface area contributed by atoms with Gasteiger partial charge in [0.2, 0.25) is 0 Å². The molecule has 3 nitrogen and oxygen atoms in total. The zero-order valence-electron chi connectivity index (χ0n) is 7.70. The van der Waals surface area contributed by atoms with Crippen molar-refractivity contribution in [1.82, 2.24) is 9.78 Å². The molecule has 14 heavy (non-hydrogen) atoms. The van der Waals surface area contributed by atoms with Gasteiger partial charge in [-0.3, -0.25) is 9.48 Å². The lowest BCUT2D eigenvalue weighted by molar-refractivity contribution is 0.111. The quantitative estimate of drug-likeness (QED) is 0.682. The van der Waals surface area contributed by atoms with Gasteiger partial charge in [0.25, 0.3) is 0 Å². The van der Waals surface area contributed by atoms with Gasteiger partial charge in [-0.2, -0.15) is 5.10 Å². The van der Waals surface area contributed by atoms with Crippen LogP contribution in [0.25, 0.3) is 10.9 Å². The smallest absolute Gasteiger partial charge is 0.168 e. The second-order valence-corrected chi connectivity index (χ2v) is 2.98. The van der Waals surface area contributed by atoms with Crippen LogP contribution >= 0.6 is 0 Å². The van der Waals surface area contributed by atoms with Crippen molar-refractivity contribution in [1.29, 1.82) is 0 Å². The molecular weight excluding hydrogens is 183 g/mol. The fraction of sp³-hybridized carbons (Fsp3) is 0.200. The van der Waals surface area contributed by atoms with E-state index in [-0.39, 0.29) is 5.82 Å². The molecule has 2 aromatic rings. The van der Waals surface area contributed by atoms with Gasteiger partial charge in [0.15, 0.2) is 6.29 Å². The number of aldehydes is 1. The predicted molar refractivity (Wildman–Crippen MR) is 50.8 cm³/mol. The molecule has 0 radical (unpaired) electrons. The second-order valence-electron chi connectivity index (χ2n) is 2.98. The summed E-state index contributed by atoms with van der Waals surface area (Å²) in [5.74, 6) is -0.337. The van der Waals surface area contributed by atoms with E-state index in [1.165, 1.54) is 12.1 Å². The Morgan fingerprint density at radius 1 is 1.57 bits per heavy atom. The normalized spacial score (nSPS) is 10.7. The Morgan fingerprint density at radius 3 is 3.00 bits per heavy atom. The summed E-state index contributed by atoms with van der Waals surface area (Å²) in [6.07, 6.45) is 0.747. The number of hydrogen-bond donors (Lipinski definition) is 0. The Bertz CT molecular complexity index is 490. The number of hydrogen-bond acceptors (Lipinski definition) is 2. The minimum Gasteiger partial charge on any atom is -0.296 e. The van der Waals surface area contributed by atoms with Gasteiger partial charge in [0.05, 0.1) is 5.52 Å². The van der Waals surface area contributed by atoms with Gasteiger partial charge in [-0.1, -0.05) is 0 Å². The first-order chi connectivity index (χ1) is 6.76. The Balaban J connectivity index is 2.79. The maximum atomic E-state index is 12.8. The zero-order chi connectivity index (χ0) is 10.1. The monoisotopic (exact) mass is 192 g/mol. The Morgan fingerprint density at radius 2 is 2.36 bits per heavy atom. The number of halogens is 1. The fourth-order valence-corrected chi connectivity index (χ4v) is 1.49. The van der Waals surface area contributed by atoms with E-state index in [4.69, 9.17) is 0 Å². The molecule has 0 aliphatic heterocycles. The number of aromatic nitrogens is 2. The SMILES string of the molecule is CCn1nc2cc(F)ccc2c1C=O. The zero-order valence-corrected chi connectivity index (χ0v) is 7.70. The molecule has 72 valence electrons. The highest BCUT2D eigenvalue weighted by molar-refractivity contribution is 5.95. The van der Waals surface area contributed by atoms with E-state index in [0.717, 1.165) is 6.29 Å². The minimum absolute atomic E-state index is 0.337. The summed E-state index contributed by atoms with van der Waals surface area (Å²) in [6.45, 7) is 2.49. The van der Waals surface area contributed by atoms with Crippen molar-refractivity contribution in [2.24, 2.45) is 0 Å². The van der Waals surface area contributed by atoms with Gasteiger partial charge in [-0.05, 0) is 19.1 Å². The first-order valence-electron chi connectivity index (χ1n) is 4.37. The van der Waals surface area contributed by atoms with Crippen LogP contribution in [0.4, 0.5) is 4.39 Å². The van der Waals surface area contributed by atoms with E-state index in [1.807, 2.05) is 6.92 Å². The Labute approximate surface area is 80.1 Å².